The number of hydrogen-bond donors (Lipinski definition) is 1. The SMILES string of the molecule is CCCN1C(=O)[C@H](CC(=O)Nc2cccc(Cl)c2C)SC1=Nc1ccccc1. The van der Waals surface area contributed by atoms with Crippen molar-refractivity contribution in [2.75, 3.05) is 11.9 Å². The fourth-order valence-electron chi connectivity index (χ4n) is 2.88. The van der Waals surface area contributed by atoms with E-state index in [4.69, 9.17) is 11.6 Å². The Bertz CT molecular complexity index is 902. The Morgan fingerprint density at radius 3 is 2.68 bits per heavy atom. The third-order valence-corrected chi connectivity index (χ3v) is 5.95. The lowest BCUT2D eigenvalue weighted by Gasteiger charge is -2.15. The molecule has 3 rings (SSSR count). The van der Waals surface area contributed by atoms with Crippen molar-refractivity contribution in [2.45, 2.75) is 31.9 Å². The predicted molar refractivity (Wildman–Crippen MR) is 116 cm³/mol. The molecule has 2 aromatic rings. The van der Waals surface area contributed by atoms with Crippen molar-refractivity contribution in [1.82, 2.24) is 4.90 Å². The molecule has 0 aliphatic carbocycles. The molecular formula is C21H22ClN3O2S. The average Bonchev–Trinajstić information content (AvgIpc) is 2.95. The number of amides is 2. The largest absolute Gasteiger partial charge is 0.326 e. The number of carbonyl (C=O) groups excluding carboxylic acids is 2. The predicted octanol–water partition coefficient (Wildman–Crippen LogP) is 5.02. The second-order valence-corrected chi connectivity index (χ2v) is 8.07. The molecule has 1 fully saturated rings. The summed E-state index contributed by atoms with van der Waals surface area (Å²) in [6, 6.07) is 14.9. The van der Waals surface area contributed by atoms with Crippen LogP contribution in [0, 0.1) is 6.92 Å². The first-order chi connectivity index (χ1) is 13.5. The van der Waals surface area contributed by atoms with Gasteiger partial charge in [0, 0.05) is 23.7 Å². The van der Waals surface area contributed by atoms with E-state index in [1.54, 1.807) is 23.1 Å². The summed E-state index contributed by atoms with van der Waals surface area (Å²) in [7, 11) is 0. The van der Waals surface area contributed by atoms with Gasteiger partial charge < -0.3 is 5.32 Å². The van der Waals surface area contributed by atoms with Crippen LogP contribution in [-0.4, -0.2) is 33.7 Å². The number of nitrogens with one attached hydrogen (secondary N) is 1. The zero-order chi connectivity index (χ0) is 20.1. The van der Waals surface area contributed by atoms with Crippen LogP contribution < -0.4 is 5.32 Å². The summed E-state index contributed by atoms with van der Waals surface area (Å²) < 4.78 is 0. The summed E-state index contributed by atoms with van der Waals surface area (Å²) in [6.07, 6.45) is 0.907. The van der Waals surface area contributed by atoms with Gasteiger partial charge >= 0.3 is 0 Å². The molecule has 1 atom stereocenters. The minimum absolute atomic E-state index is 0.0699. The summed E-state index contributed by atoms with van der Waals surface area (Å²) in [6.45, 7) is 4.45. The fourth-order valence-corrected chi connectivity index (χ4v) is 4.24. The summed E-state index contributed by atoms with van der Waals surface area (Å²) in [5, 5.41) is 3.63. The second kappa shape index (κ2) is 9.26. The van der Waals surface area contributed by atoms with Gasteiger partial charge in [0.05, 0.1) is 5.69 Å². The Kier molecular flexibility index (Phi) is 6.75. The van der Waals surface area contributed by atoms with Crippen molar-refractivity contribution < 1.29 is 9.59 Å². The molecule has 0 aromatic heterocycles. The number of halogens is 1. The Hall–Kier alpha value is -2.31. The van der Waals surface area contributed by atoms with Crippen molar-refractivity contribution in [3.63, 3.8) is 0 Å². The van der Waals surface area contributed by atoms with Gasteiger partial charge in [-0.2, -0.15) is 0 Å². The Morgan fingerprint density at radius 1 is 1.21 bits per heavy atom. The number of hydrogen-bond acceptors (Lipinski definition) is 4. The number of rotatable bonds is 6. The van der Waals surface area contributed by atoms with E-state index in [1.165, 1.54) is 11.8 Å². The van der Waals surface area contributed by atoms with Crippen LogP contribution >= 0.6 is 23.4 Å². The van der Waals surface area contributed by atoms with E-state index >= 15 is 0 Å². The summed E-state index contributed by atoms with van der Waals surface area (Å²) in [4.78, 5) is 31.6. The highest BCUT2D eigenvalue weighted by atomic mass is 35.5. The molecule has 7 heteroatoms. The minimum atomic E-state index is -0.478. The topological polar surface area (TPSA) is 61.8 Å². The fraction of sp³-hybridized carbons (Fsp3) is 0.286. The quantitative estimate of drug-likeness (QED) is 0.720. The smallest absolute Gasteiger partial charge is 0.242 e. The maximum atomic E-state index is 12.8. The van der Waals surface area contributed by atoms with Gasteiger partial charge in [0.15, 0.2) is 5.17 Å². The van der Waals surface area contributed by atoms with Gasteiger partial charge in [-0.1, -0.05) is 54.6 Å². The van der Waals surface area contributed by atoms with Crippen LogP contribution in [0.2, 0.25) is 5.02 Å². The van der Waals surface area contributed by atoms with Crippen molar-refractivity contribution >= 4 is 51.7 Å². The van der Waals surface area contributed by atoms with E-state index in [0.717, 1.165) is 17.7 Å². The van der Waals surface area contributed by atoms with E-state index in [9.17, 15) is 9.59 Å². The molecule has 0 spiro atoms. The van der Waals surface area contributed by atoms with Gasteiger partial charge in [-0.25, -0.2) is 4.99 Å². The maximum absolute atomic E-state index is 12.8. The number of amidine groups is 1. The number of aliphatic imine (C=N–C) groups is 1. The van der Waals surface area contributed by atoms with Gasteiger partial charge in [-0.15, -0.1) is 0 Å². The molecule has 0 bridgehead atoms. The lowest BCUT2D eigenvalue weighted by Crippen LogP contribution is -2.34. The number of benzene rings is 2. The number of nitrogens with zero attached hydrogens (tertiary/aromatic N) is 2. The first-order valence-electron chi connectivity index (χ1n) is 9.16. The van der Waals surface area contributed by atoms with E-state index in [-0.39, 0.29) is 18.2 Å². The summed E-state index contributed by atoms with van der Waals surface area (Å²) in [5.41, 5.74) is 2.26. The van der Waals surface area contributed by atoms with Gasteiger partial charge in [0.25, 0.3) is 0 Å². The number of anilines is 1. The van der Waals surface area contributed by atoms with Crippen LogP contribution in [0.4, 0.5) is 11.4 Å². The van der Waals surface area contributed by atoms with Crippen LogP contribution in [0.15, 0.2) is 53.5 Å². The van der Waals surface area contributed by atoms with Crippen molar-refractivity contribution in [3.05, 3.63) is 59.1 Å². The number of carbonyl (C=O) groups is 2. The highest BCUT2D eigenvalue weighted by Gasteiger charge is 2.38. The van der Waals surface area contributed by atoms with Gasteiger partial charge in [0.1, 0.15) is 5.25 Å². The number of para-hydroxylation sites is 1. The molecule has 5 nitrogen and oxygen atoms in total. The molecule has 0 radical (unpaired) electrons. The Labute approximate surface area is 174 Å². The highest BCUT2D eigenvalue weighted by molar-refractivity contribution is 8.15. The Morgan fingerprint density at radius 2 is 1.96 bits per heavy atom. The van der Waals surface area contributed by atoms with E-state index in [1.807, 2.05) is 44.2 Å². The maximum Gasteiger partial charge on any atom is 0.242 e. The number of thioether (sulfide) groups is 1. The van der Waals surface area contributed by atoms with Crippen LogP contribution in [-0.2, 0) is 9.59 Å². The van der Waals surface area contributed by atoms with Crippen molar-refractivity contribution in [1.29, 1.82) is 0 Å². The second-order valence-electron chi connectivity index (χ2n) is 6.49. The van der Waals surface area contributed by atoms with Gasteiger partial charge in [-0.3, -0.25) is 14.5 Å². The lowest BCUT2D eigenvalue weighted by atomic mass is 10.2. The van der Waals surface area contributed by atoms with Crippen LogP contribution in [0.25, 0.3) is 0 Å². The average molecular weight is 416 g/mol. The van der Waals surface area contributed by atoms with E-state index < -0.39 is 5.25 Å². The van der Waals surface area contributed by atoms with Crippen LogP contribution in [0.5, 0.6) is 0 Å². The molecule has 1 aliphatic heterocycles. The normalized spacial score (nSPS) is 18.0. The molecule has 1 aliphatic rings. The van der Waals surface area contributed by atoms with Crippen molar-refractivity contribution in [3.8, 4) is 0 Å². The van der Waals surface area contributed by atoms with E-state index in [0.29, 0.717) is 22.4 Å². The highest BCUT2D eigenvalue weighted by Crippen LogP contribution is 2.32. The molecule has 28 heavy (non-hydrogen) atoms. The molecule has 1 saturated heterocycles. The third-order valence-electron chi connectivity index (χ3n) is 4.36. The standard InChI is InChI=1S/C21H22ClN3O2S/c1-3-12-25-20(27)18(28-21(25)23-15-8-5-4-6-9-15)13-19(26)24-17-11-7-10-16(22)14(17)2/h4-11,18H,3,12-13H2,1-2H3,(H,24,26)/t18-/m0/s1. The molecule has 2 aromatic carbocycles. The van der Waals surface area contributed by atoms with Crippen LogP contribution in [0.1, 0.15) is 25.3 Å². The molecule has 0 unspecified atom stereocenters. The van der Waals surface area contributed by atoms with Crippen LogP contribution in [0.3, 0.4) is 0 Å². The molecular weight excluding hydrogens is 394 g/mol. The zero-order valence-corrected chi connectivity index (χ0v) is 17.4. The monoisotopic (exact) mass is 415 g/mol. The van der Waals surface area contributed by atoms with Crippen molar-refractivity contribution in [2.24, 2.45) is 4.99 Å². The molecule has 1 N–H and O–H groups in total. The molecule has 0 saturated carbocycles. The lowest BCUT2D eigenvalue weighted by molar-refractivity contribution is -0.128. The zero-order valence-electron chi connectivity index (χ0n) is 15.8. The minimum Gasteiger partial charge on any atom is -0.326 e. The first-order valence-corrected chi connectivity index (χ1v) is 10.4. The van der Waals surface area contributed by atoms with Gasteiger partial charge in [0.2, 0.25) is 11.8 Å². The third kappa shape index (κ3) is 4.75. The molecule has 1 heterocycles. The first kappa shape index (κ1) is 20.4. The molecule has 146 valence electrons. The Balaban J connectivity index is 1.73. The van der Waals surface area contributed by atoms with E-state index in [2.05, 4.69) is 10.3 Å². The summed E-state index contributed by atoms with van der Waals surface area (Å²) in [5.74, 6) is -0.284. The van der Waals surface area contributed by atoms with Gasteiger partial charge in [-0.05, 0) is 43.2 Å². The molecule has 2 amide bonds. The summed E-state index contributed by atoms with van der Waals surface area (Å²) >= 11 is 7.46.